The number of hydrogen-bond donors (Lipinski definition) is 1. The minimum atomic E-state index is -0.443. The SMILES string of the molecule is CC(C)[C@@H](C(=O)N[C@@H](C)c1nnc2ccccn12)N1CCCC1=O. The summed E-state index contributed by atoms with van der Waals surface area (Å²) in [6.07, 6.45) is 3.22. The summed E-state index contributed by atoms with van der Waals surface area (Å²) in [6.45, 7) is 6.46. The highest BCUT2D eigenvalue weighted by atomic mass is 16.2. The Kier molecular flexibility index (Phi) is 4.51. The highest BCUT2D eigenvalue weighted by molar-refractivity contribution is 5.89. The van der Waals surface area contributed by atoms with E-state index in [2.05, 4.69) is 15.5 Å². The Morgan fingerprint density at radius 2 is 2.04 bits per heavy atom. The van der Waals surface area contributed by atoms with Gasteiger partial charge in [-0.2, -0.15) is 0 Å². The van der Waals surface area contributed by atoms with Crippen molar-refractivity contribution < 1.29 is 9.59 Å². The number of fused-ring (bicyclic) bond motifs is 1. The molecule has 1 N–H and O–H groups in total. The Morgan fingerprint density at radius 1 is 1.25 bits per heavy atom. The number of nitrogens with zero attached hydrogens (tertiary/aromatic N) is 4. The first kappa shape index (κ1) is 16.4. The fraction of sp³-hybridized carbons (Fsp3) is 0.529. The molecule has 1 fully saturated rings. The molecule has 1 saturated heterocycles. The molecular formula is C17H23N5O2. The van der Waals surface area contributed by atoms with Gasteiger partial charge < -0.3 is 10.2 Å². The zero-order chi connectivity index (χ0) is 17.3. The monoisotopic (exact) mass is 329 g/mol. The van der Waals surface area contributed by atoms with Gasteiger partial charge in [0.15, 0.2) is 11.5 Å². The number of rotatable bonds is 5. The van der Waals surface area contributed by atoms with E-state index in [-0.39, 0.29) is 23.8 Å². The molecule has 128 valence electrons. The predicted molar refractivity (Wildman–Crippen MR) is 89.1 cm³/mol. The van der Waals surface area contributed by atoms with Crippen LogP contribution in [0.3, 0.4) is 0 Å². The largest absolute Gasteiger partial charge is 0.345 e. The van der Waals surface area contributed by atoms with Gasteiger partial charge in [-0.05, 0) is 31.4 Å². The van der Waals surface area contributed by atoms with Crippen molar-refractivity contribution in [3.05, 3.63) is 30.2 Å². The van der Waals surface area contributed by atoms with Gasteiger partial charge in [0.05, 0.1) is 6.04 Å². The second-order valence-corrected chi connectivity index (χ2v) is 6.60. The topological polar surface area (TPSA) is 79.6 Å². The lowest BCUT2D eigenvalue weighted by molar-refractivity contribution is -0.139. The molecule has 7 nitrogen and oxygen atoms in total. The van der Waals surface area contributed by atoms with Crippen LogP contribution in [0.2, 0.25) is 0 Å². The zero-order valence-electron chi connectivity index (χ0n) is 14.3. The molecule has 0 aliphatic carbocycles. The van der Waals surface area contributed by atoms with Crippen molar-refractivity contribution >= 4 is 17.5 Å². The number of aromatic nitrogens is 3. The summed E-state index contributed by atoms with van der Waals surface area (Å²) >= 11 is 0. The van der Waals surface area contributed by atoms with Gasteiger partial charge in [0.25, 0.3) is 0 Å². The maximum absolute atomic E-state index is 12.8. The summed E-state index contributed by atoms with van der Waals surface area (Å²) in [6, 6.07) is 4.92. The summed E-state index contributed by atoms with van der Waals surface area (Å²) in [5.41, 5.74) is 0.740. The smallest absolute Gasteiger partial charge is 0.243 e. The van der Waals surface area contributed by atoms with E-state index < -0.39 is 6.04 Å². The maximum Gasteiger partial charge on any atom is 0.243 e. The van der Waals surface area contributed by atoms with Crippen LogP contribution in [0.15, 0.2) is 24.4 Å². The Morgan fingerprint density at radius 3 is 2.71 bits per heavy atom. The van der Waals surface area contributed by atoms with Crippen LogP contribution >= 0.6 is 0 Å². The van der Waals surface area contributed by atoms with E-state index in [4.69, 9.17) is 0 Å². The van der Waals surface area contributed by atoms with Gasteiger partial charge in [-0.3, -0.25) is 14.0 Å². The van der Waals surface area contributed by atoms with Gasteiger partial charge in [0.1, 0.15) is 6.04 Å². The number of hydrogen-bond acceptors (Lipinski definition) is 4. The molecular weight excluding hydrogens is 306 g/mol. The molecule has 0 saturated carbocycles. The first-order valence-corrected chi connectivity index (χ1v) is 8.38. The predicted octanol–water partition coefficient (Wildman–Crippen LogP) is 1.55. The molecule has 3 rings (SSSR count). The second-order valence-electron chi connectivity index (χ2n) is 6.60. The quantitative estimate of drug-likeness (QED) is 0.903. The molecule has 24 heavy (non-hydrogen) atoms. The summed E-state index contributed by atoms with van der Waals surface area (Å²) < 4.78 is 1.86. The third kappa shape index (κ3) is 2.98. The van der Waals surface area contributed by atoms with Crippen molar-refractivity contribution in [3.63, 3.8) is 0 Å². The number of pyridine rings is 1. The van der Waals surface area contributed by atoms with Crippen molar-refractivity contribution in [2.75, 3.05) is 6.54 Å². The Labute approximate surface area is 141 Å². The van der Waals surface area contributed by atoms with E-state index in [1.54, 1.807) is 4.90 Å². The zero-order valence-corrected chi connectivity index (χ0v) is 14.3. The van der Waals surface area contributed by atoms with Crippen molar-refractivity contribution in [2.24, 2.45) is 5.92 Å². The van der Waals surface area contributed by atoms with Crippen molar-refractivity contribution in [1.29, 1.82) is 0 Å². The summed E-state index contributed by atoms with van der Waals surface area (Å²) in [4.78, 5) is 26.5. The number of nitrogens with one attached hydrogen (secondary N) is 1. The average molecular weight is 329 g/mol. The first-order chi connectivity index (χ1) is 11.5. The van der Waals surface area contributed by atoms with E-state index >= 15 is 0 Å². The van der Waals surface area contributed by atoms with Crippen LogP contribution in [0.1, 0.15) is 45.5 Å². The normalized spacial score (nSPS) is 17.5. The van der Waals surface area contributed by atoms with Crippen LogP contribution in [0.25, 0.3) is 5.65 Å². The molecule has 7 heteroatoms. The molecule has 3 heterocycles. The number of likely N-dealkylation sites (tertiary alicyclic amines) is 1. The van der Waals surface area contributed by atoms with E-state index in [1.807, 2.05) is 49.6 Å². The lowest BCUT2D eigenvalue weighted by Gasteiger charge is -2.30. The summed E-state index contributed by atoms with van der Waals surface area (Å²) in [5, 5.41) is 11.3. The Bertz CT molecular complexity index is 754. The third-order valence-corrected chi connectivity index (χ3v) is 4.43. The molecule has 2 aromatic heterocycles. The molecule has 0 radical (unpaired) electrons. The van der Waals surface area contributed by atoms with Crippen LogP contribution in [0.5, 0.6) is 0 Å². The molecule has 1 aliphatic heterocycles. The highest BCUT2D eigenvalue weighted by Crippen LogP contribution is 2.20. The fourth-order valence-electron chi connectivity index (χ4n) is 3.29. The van der Waals surface area contributed by atoms with Crippen LogP contribution in [0, 0.1) is 5.92 Å². The third-order valence-electron chi connectivity index (χ3n) is 4.43. The fourth-order valence-corrected chi connectivity index (χ4v) is 3.29. The second kappa shape index (κ2) is 6.59. The molecule has 0 spiro atoms. The number of amides is 2. The van der Waals surface area contributed by atoms with Crippen LogP contribution in [-0.4, -0.2) is 43.9 Å². The molecule has 0 unspecified atom stereocenters. The van der Waals surface area contributed by atoms with Gasteiger partial charge in [-0.1, -0.05) is 19.9 Å². The minimum absolute atomic E-state index is 0.0504. The van der Waals surface area contributed by atoms with E-state index in [0.29, 0.717) is 18.8 Å². The number of carbonyl (C=O) groups is 2. The van der Waals surface area contributed by atoms with E-state index in [1.165, 1.54) is 0 Å². The first-order valence-electron chi connectivity index (χ1n) is 8.38. The maximum atomic E-state index is 12.8. The van der Waals surface area contributed by atoms with E-state index in [0.717, 1.165) is 12.1 Å². The van der Waals surface area contributed by atoms with Crippen molar-refractivity contribution in [3.8, 4) is 0 Å². The van der Waals surface area contributed by atoms with Gasteiger partial charge in [-0.25, -0.2) is 0 Å². The minimum Gasteiger partial charge on any atom is -0.345 e. The van der Waals surface area contributed by atoms with Gasteiger partial charge in [0.2, 0.25) is 11.8 Å². The van der Waals surface area contributed by atoms with Crippen LogP contribution in [0.4, 0.5) is 0 Å². The Balaban J connectivity index is 1.78. The average Bonchev–Trinajstić information content (AvgIpc) is 3.14. The van der Waals surface area contributed by atoms with Gasteiger partial charge in [0, 0.05) is 19.2 Å². The standard InChI is InChI=1S/C17H23N5O2/c1-11(2)15(22-10-6-8-14(22)23)17(24)18-12(3)16-20-19-13-7-4-5-9-21(13)16/h4-5,7,9,11-12,15H,6,8,10H2,1-3H3,(H,18,24)/t12-,15-/m0/s1. The highest BCUT2D eigenvalue weighted by Gasteiger charge is 2.35. The molecule has 0 aromatic carbocycles. The summed E-state index contributed by atoms with van der Waals surface area (Å²) in [5.74, 6) is 0.647. The Hall–Kier alpha value is -2.44. The van der Waals surface area contributed by atoms with Gasteiger partial charge in [-0.15, -0.1) is 10.2 Å². The molecule has 0 bridgehead atoms. The summed E-state index contributed by atoms with van der Waals surface area (Å²) in [7, 11) is 0. The molecule has 2 amide bonds. The van der Waals surface area contributed by atoms with Crippen LogP contribution in [-0.2, 0) is 9.59 Å². The lowest BCUT2D eigenvalue weighted by Crippen LogP contribution is -2.51. The van der Waals surface area contributed by atoms with E-state index in [9.17, 15) is 9.59 Å². The van der Waals surface area contributed by atoms with Crippen LogP contribution < -0.4 is 5.32 Å². The van der Waals surface area contributed by atoms with Crippen molar-refractivity contribution in [2.45, 2.75) is 45.7 Å². The molecule has 2 aromatic rings. The molecule has 2 atom stereocenters. The van der Waals surface area contributed by atoms with Crippen molar-refractivity contribution in [1.82, 2.24) is 24.8 Å². The number of carbonyl (C=O) groups excluding carboxylic acids is 2. The molecule has 1 aliphatic rings. The lowest BCUT2D eigenvalue weighted by atomic mass is 10.0. The van der Waals surface area contributed by atoms with Gasteiger partial charge >= 0.3 is 0 Å².